The van der Waals surface area contributed by atoms with Crippen molar-refractivity contribution in [2.75, 3.05) is 9.44 Å². The maximum absolute atomic E-state index is 13.8. The SMILES string of the molecule is Cc1ccc(NS(=O)(=O)c2ccc(F)cc2)cc1S(=O)(=O)Nc1ccccc1F. The molecule has 3 rings (SSSR count). The molecule has 0 unspecified atom stereocenters. The van der Waals surface area contributed by atoms with Gasteiger partial charge in [-0.05, 0) is 61.0 Å². The summed E-state index contributed by atoms with van der Waals surface area (Å²) in [5.41, 5.74) is 0.0802. The molecule has 152 valence electrons. The van der Waals surface area contributed by atoms with E-state index in [4.69, 9.17) is 0 Å². The molecule has 0 spiro atoms. The fourth-order valence-corrected chi connectivity index (χ4v) is 4.91. The molecule has 3 aromatic carbocycles. The van der Waals surface area contributed by atoms with Crippen LogP contribution in [0.3, 0.4) is 0 Å². The van der Waals surface area contributed by atoms with Crippen molar-refractivity contribution >= 4 is 31.4 Å². The van der Waals surface area contributed by atoms with Crippen molar-refractivity contribution < 1.29 is 25.6 Å². The standard InChI is InChI=1S/C19H16F2N2O4S2/c1-13-6-9-15(22-28(24,25)16-10-7-14(20)8-11-16)12-19(13)29(26,27)23-18-5-3-2-4-17(18)21/h2-12,22-23H,1H3. The number of nitrogens with one attached hydrogen (secondary N) is 2. The van der Waals surface area contributed by atoms with Crippen LogP contribution in [0, 0.1) is 18.6 Å². The van der Waals surface area contributed by atoms with Gasteiger partial charge in [-0.1, -0.05) is 18.2 Å². The van der Waals surface area contributed by atoms with Gasteiger partial charge in [0.1, 0.15) is 11.6 Å². The molecule has 6 nitrogen and oxygen atoms in total. The first kappa shape index (κ1) is 20.7. The van der Waals surface area contributed by atoms with Crippen LogP contribution in [0.25, 0.3) is 0 Å². The Hall–Kier alpha value is -2.98. The summed E-state index contributed by atoms with van der Waals surface area (Å²) in [7, 11) is -8.25. The van der Waals surface area contributed by atoms with Crippen LogP contribution in [-0.2, 0) is 20.0 Å². The first-order valence-corrected chi connectivity index (χ1v) is 11.2. The van der Waals surface area contributed by atoms with Gasteiger partial charge >= 0.3 is 0 Å². The van der Waals surface area contributed by atoms with Gasteiger partial charge in [0.2, 0.25) is 0 Å². The minimum atomic E-state index is -4.19. The van der Waals surface area contributed by atoms with Gasteiger partial charge in [0.15, 0.2) is 0 Å². The monoisotopic (exact) mass is 438 g/mol. The van der Waals surface area contributed by atoms with Gasteiger partial charge in [-0.15, -0.1) is 0 Å². The number of sulfonamides is 2. The zero-order valence-corrected chi connectivity index (χ0v) is 16.7. The van der Waals surface area contributed by atoms with Crippen molar-refractivity contribution in [3.8, 4) is 0 Å². The number of halogens is 2. The highest BCUT2D eigenvalue weighted by Gasteiger charge is 2.21. The molecule has 0 radical (unpaired) electrons. The number of anilines is 2. The first-order valence-electron chi connectivity index (χ1n) is 8.25. The number of benzene rings is 3. The molecule has 0 aliphatic heterocycles. The molecule has 0 aliphatic carbocycles. The van der Waals surface area contributed by atoms with E-state index in [1.165, 1.54) is 37.3 Å². The molecule has 2 N–H and O–H groups in total. The molecule has 0 atom stereocenters. The minimum absolute atomic E-state index is 0.0196. The third-order valence-electron chi connectivity index (χ3n) is 3.97. The van der Waals surface area contributed by atoms with E-state index >= 15 is 0 Å². The first-order chi connectivity index (χ1) is 13.6. The lowest BCUT2D eigenvalue weighted by molar-refractivity contribution is 0.596. The lowest BCUT2D eigenvalue weighted by atomic mass is 10.2. The van der Waals surface area contributed by atoms with E-state index in [2.05, 4.69) is 9.44 Å². The zero-order valence-electron chi connectivity index (χ0n) is 15.1. The number of hydrogen-bond acceptors (Lipinski definition) is 4. The second-order valence-corrected chi connectivity index (χ2v) is 9.46. The van der Waals surface area contributed by atoms with Crippen molar-refractivity contribution in [1.29, 1.82) is 0 Å². The highest BCUT2D eigenvalue weighted by Crippen LogP contribution is 2.25. The van der Waals surface area contributed by atoms with Crippen LogP contribution in [0.15, 0.2) is 76.5 Å². The molecule has 10 heteroatoms. The largest absolute Gasteiger partial charge is 0.280 e. The molecule has 0 heterocycles. The summed E-state index contributed by atoms with van der Waals surface area (Å²) in [6.45, 7) is 1.52. The van der Waals surface area contributed by atoms with Gasteiger partial charge in [-0.2, -0.15) is 0 Å². The molecule has 0 amide bonds. The van der Waals surface area contributed by atoms with Gasteiger partial charge in [0, 0.05) is 0 Å². The smallest absolute Gasteiger partial charge is 0.262 e. The molecule has 0 bridgehead atoms. The van der Waals surface area contributed by atoms with Crippen LogP contribution >= 0.6 is 0 Å². The molecular formula is C19H16F2N2O4S2. The number of hydrogen-bond donors (Lipinski definition) is 2. The Bertz CT molecular complexity index is 1260. The highest BCUT2D eigenvalue weighted by atomic mass is 32.2. The van der Waals surface area contributed by atoms with Gasteiger partial charge in [0.25, 0.3) is 20.0 Å². The minimum Gasteiger partial charge on any atom is -0.280 e. The van der Waals surface area contributed by atoms with Gasteiger partial charge < -0.3 is 0 Å². The molecule has 0 saturated heterocycles. The van der Waals surface area contributed by atoms with Crippen LogP contribution in [0.1, 0.15) is 5.56 Å². The summed E-state index contributed by atoms with van der Waals surface area (Å²) in [6, 6.07) is 13.4. The topological polar surface area (TPSA) is 92.3 Å². The maximum atomic E-state index is 13.8. The Morgan fingerprint density at radius 3 is 2.07 bits per heavy atom. The van der Waals surface area contributed by atoms with Crippen molar-refractivity contribution in [2.45, 2.75) is 16.7 Å². The number of para-hydroxylation sites is 1. The lowest BCUT2D eigenvalue weighted by Gasteiger charge is -2.14. The second-order valence-electron chi connectivity index (χ2n) is 6.13. The van der Waals surface area contributed by atoms with Gasteiger partial charge in [0.05, 0.1) is 21.2 Å². The van der Waals surface area contributed by atoms with E-state index in [-0.39, 0.29) is 21.2 Å². The summed E-state index contributed by atoms with van der Waals surface area (Å²) in [4.78, 5) is -0.409. The Morgan fingerprint density at radius 2 is 1.41 bits per heavy atom. The van der Waals surface area contributed by atoms with Crippen molar-refractivity contribution in [2.24, 2.45) is 0 Å². The highest BCUT2D eigenvalue weighted by molar-refractivity contribution is 7.93. The van der Waals surface area contributed by atoms with E-state index in [9.17, 15) is 25.6 Å². The van der Waals surface area contributed by atoms with Crippen LogP contribution < -0.4 is 9.44 Å². The predicted octanol–water partition coefficient (Wildman–Crippen LogP) is 3.87. The zero-order chi connectivity index (χ0) is 21.2. The Kier molecular flexibility index (Phi) is 5.58. The lowest BCUT2D eigenvalue weighted by Crippen LogP contribution is -2.17. The van der Waals surface area contributed by atoms with E-state index in [1.54, 1.807) is 0 Å². The van der Waals surface area contributed by atoms with Crippen molar-refractivity contribution in [3.05, 3.63) is 83.9 Å². The molecular weight excluding hydrogens is 422 g/mol. The molecule has 3 aromatic rings. The average Bonchev–Trinajstić information content (AvgIpc) is 2.65. The summed E-state index contributed by atoms with van der Waals surface area (Å²) in [5.74, 6) is -1.34. The summed E-state index contributed by atoms with van der Waals surface area (Å²) < 4.78 is 81.5. The number of rotatable bonds is 6. The van der Waals surface area contributed by atoms with Crippen LogP contribution in [0.5, 0.6) is 0 Å². The van der Waals surface area contributed by atoms with E-state index in [1.807, 2.05) is 0 Å². The Morgan fingerprint density at radius 1 is 0.759 bits per heavy atom. The quantitative estimate of drug-likeness (QED) is 0.611. The van der Waals surface area contributed by atoms with Gasteiger partial charge in [-0.25, -0.2) is 25.6 Å². The fourth-order valence-electron chi connectivity index (χ4n) is 2.52. The maximum Gasteiger partial charge on any atom is 0.262 e. The van der Waals surface area contributed by atoms with Crippen LogP contribution in [0.4, 0.5) is 20.2 Å². The summed E-state index contributed by atoms with van der Waals surface area (Å²) >= 11 is 0. The Labute approximate surface area is 167 Å². The summed E-state index contributed by atoms with van der Waals surface area (Å²) in [5, 5.41) is 0. The molecule has 0 fully saturated rings. The third kappa shape index (κ3) is 4.72. The van der Waals surface area contributed by atoms with Gasteiger partial charge in [-0.3, -0.25) is 9.44 Å². The molecule has 0 aliphatic rings. The van der Waals surface area contributed by atoms with Crippen molar-refractivity contribution in [3.63, 3.8) is 0 Å². The van der Waals surface area contributed by atoms with E-state index in [0.717, 1.165) is 36.4 Å². The molecule has 0 saturated carbocycles. The third-order valence-corrected chi connectivity index (χ3v) is 6.88. The second kappa shape index (κ2) is 7.80. The molecule has 0 aromatic heterocycles. The average molecular weight is 438 g/mol. The normalized spacial score (nSPS) is 11.8. The van der Waals surface area contributed by atoms with Crippen LogP contribution in [-0.4, -0.2) is 16.8 Å². The van der Waals surface area contributed by atoms with Crippen LogP contribution in [0.2, 0.25) is 0 Å². The van der Waals surface area contributed by atoms with E-state index in [0.29, 0.717) is 5.56 Å². The predicted molar refractivity (Wildman–Crippen MR) is 106 cm³/mol. The summed E-state index contributed by atoms with van der Waals surface area (Å²) in [6.07, 6.45) is 0. The fraction of sp³-hybridized carbons (Fsp3) is 0.0526. The number of aryl methyl sites for hydroxylation is 1. The van der Waals surface area contributed by atoms with E-state index < -0.39 is 31.7 Å². The Balaban J connectivity index is 1.93. The molecule has 29 heavy (non-hydrogen) atoms. The van der Waals surface area contributed by atoms with Crippen molar-refractivity contribution in [1.82, 2.24) is 0 Å².